The third kappa shape index (κ3) is 7.62. The van der Waals surface area contributed by atoms with Crippen molar-refractivity contribution in [2.75, 3.05) is 31.5 Å². The number of unbranched alkanes of at least 4 members (excludes halogenated alkanes) is 1. The van der Waals surface area contributed by atoms with Gasteiger partial charge in [0.2, 0.25) is 11.8 Å². The fraction of sp³-hybridized carbons (Fsp3) is 0.640. The van der Waals surface area contributed by atoms with Crippen molar-refractivity contribution in [3.8, 4) is 0 Å². The topological polar surface area (TPSA) is 98.7 Å². The van der Waals surface area contributed by atoms with Gasteiger partial charge in [0.25, 0.3) is 0 Å². The maximum Gasteiger partial charge on any atom is 0.303 e. The van der Waals surface area contributed by atoms with E-state index in [0.29, 0.717) is 31.1 Å². The van der Waals surface area contributed by atoms with Crippen LogP contribution in [0, 0.1) is 5.41 Å². The summed E-state index contributed by atoms with van der Waals surface area (Å²) in [4.78, 5) is 37.5. The average Bonchev–Trinajstić information content (AvgIpc) is 2.78. The standard InChI is InChI=1S/C25H37N3O4/c29-22(27-21-7-3-6-20(19-21)5-1-2-10-24(31)32)8-4-9-23(30)28-17-13-25(14-18-28)11-15-26-16-12-25/h3,6-7,19,26H,1-2,4-5,8-18H2,(H,27,29)(H,31,32). The molecular formula is C25H37N3O4. The molecule has 0 aromatic heterocycles. The van der Waals surface area contributed by atoms with Crippen molar-refractivity contribution < 1.29 is 19.5 Å². The predicted octanol–water partition coefficient (Wildman–Crippen LogP) is 3.59. The third-order valence-electron chi connectivity index (χ3n) is 6.95. The summed E-state index contributed by atoms with van der Waals surface area (Å²) >= 11 is 0. The zero-order chi connectivity index (χ0) is 22.8. The number of aliphatic carboxylic acids is 1. The number of piperidine rings is 2. The van der Waals surface area contributed by atoms with Gasteiger partial charge in [-0.15, -0.1) is 0 Å². The smallest absolute Gasteiger partial charge is 0.303 e. The molecule has 3 N–H and O–H groups in total. The second-order valence-corrected chi connectivity index (χ2v) is 9.33. The molecule has 7 nitrogen and oxygen atoms in total. The normalized spacial score (nSPS) is 17.8. The lowest BCUT2D eigenvalue weighted by Gasteiger charge is -2.44. The first kappa shape index (κ1) is 24.2. The Morgan fingerprint density at radius 3 is 2.44 bits per heavy atom. The van der Waals surface area contributed by atoms with Crippen LogP contribution >= 0.6 is 0 Å². The third-order valence-corrected chi connectivity index (χ3v) is 6.95. The Kier molecular flexibility index (Phi) is 9.09. The zero-order valence-electron chi connectivity index (χ0n) is 19.0. The number of carbonyl (C=O) groups is 3. The van der Waals surface area contributed by atoms with Crippen molar-refractivity contribution in [1.82, 2.24) is 10.2 Å². The molecule has 0 aliphatic carbocycles. The Morgan fingerprint density at radius 2 is 1.72 bits per heavy atom. The number of amides is 2. The highest BCUT2D eigenvalue weighted by atomic mass is 16.4. The van der Waals surface area contributed by atoms with Crippen molar-refractivity contribution in [1.29, 1.82) is 0 Å². The maximum atomic E-state index is 12.6. The number of hydrogen-bond acceptors (Lipinski definition) is 4. The number of nitrogens with one attached hydrogen (secondary N) is 2. The monoisotopic (exact) mass is 443 g/mol. The van der Waals surface area contributed by atoms with Gasteiger partial charge in [-0.05, 0) is 87.6 Å². The van der Waals surface area contributed by atoms with Crippen LogP contribution in [-0.4, -0.2) is 54.0 Å². The van der Waals surface area contributed by atoms with Gasteiger partial charge >= 0.3 is 5.97 Å². The number of carbonyl (C=O) groups excluding carboxylic acids is 2. The van der Waals surface area contributed by atoms with Gasteiger partial charge in [0.05, 0.1) is 0 Å². The Hall–Kier alpha value is -2.41. The number of nitrogens with zero attached hydrogens (tertiary/aromatic N) is 1. The van der Waals surface area contributed by atoms with Gasteiger partial charge in [-0.25, -0.2) is 0 Å². The second kappa shape index (κ2) is 12.0. The van der Waals surface area contributed by atoms with E-state index in [2.05, 4.69) is 10.6 Å². The zero-order valence-corrected chi connectivity index (χ0v) is 19.0. The van der Waals surface area contributed by atoms with Gasteiger partial charge in [0, 0.05) is 38.0 Å². The van der Waals surface area contributed by atoms with E-state index < -0.39 is 5.97 Å². The van der Waals surface area contributed by atoms with E-state index in [1.54, 1.807) is 0 Å². The molecule has 32 heavy (non-hydrogen) atoms. The Bertz CT molecular complexity index is 779. The molecule has 1 spiro atoms. The molecule has 7 heteroatoms. The predicted molar refractivity (Wildman–Crippen MR) is 124 cm³/mol. The Morgan fingerprint density at radius 1 is 0.969 bits per heavy atom. The number of hydrogen-bond donors (Lipinski definition) is 3. The molecule has 1 aromatic rings. The highest BCUT2D eigenvalue weighted by Gasteiger charge is 2.36. The van der Waals surface area contributed by atoms with E-state index in [1.807, 2.05) is 29.2 Å². The lowest BCUT2D eigenvalue weighted by molar-refractivity contribution is -0.137. The molecule has 2 amide bonds. The van der Waals surface area contributed by atoms with E-state index in [-0.39, 0.29) is 18.2 Å². The van der Waals surface area contributed by atoms with Gasteiger partial charge < -0.3 is 20.6 Å². The largest absolute Gasteiger partial charge is 0.481 e. The molecule has 2 aliphatic heterocycles. The fourth-order valence-corrected chi connectivity index (χ4v) is 4.88. The van der Waals surface area contributed by atoms with E-state index >= 15 is 0 Å². The quantitative estimate of drug-likeness (QED) is 0.480. The summed E-state index contributed by atoms with van der Waals surface area (Å²) in [7, 11) is 0. The van der Waals surface area contributed by atoms with Crippen molar-refractivity contribution >= 4 is 23.5 Å². The SMILES string of the molecule is O=C(O)CCCCc1cccc(NC(=O)CCCC(=O)N2CCC3(CCNCC3)CC2)c1. The van der Waals surface area contributed by atoms with Crippen LogP contribution in [0.1, 0.15) is 69.8 Å². The first-order valence-corrected chi connectivity index (χ1v) is 12.0. The number of benzene rings is 1. The van der Waals surface area contributed by atoms with Gasteiger partial charge in [-0.3, -0.25) is 14.4 Å². The van der Waals surface area contributed by atoms with Crippen LogP contribution in [0.5, 0.6) is 0 Å². The number of rotatable bonds is 10. The first-order valence-electron chi connectivity index (χ1n) is 12.0. The summed E-state index contributed by atoms with van der Waals surface area (Å²) in [5.74, 6) is -0.673. The minimum atomic E-state index is -0.768. The molecule has 2 fully saturated rings. The molecule has 0 atom stereocenters. The molecule has 0 saturated carbocycles. The highest BCUT2D eigenvalue weighted by molar-refractivity contribution is 5.91. The number of anilines is 1. The molecule has 0 radical (unpaired) electrons. The van der Waals surface area contributed by atoms with Gasteiger partial charge in [-0.1, -0.05) is 12.1 Å². The van der Waals surface area contributed by atoms with Crippen molar-refractivity contribution in [3.05, 3.63) is 29.8 Å². The van der Waals surface area contributed by atoms with Crippen LogP contribution in [0.4, 0.5) is 5.69 Å². The molecule has 2 aliphatic rings. The number of carboxylic acid groups (broad SMARTS) is 1. The molecular weight excluding hydrogens is 406 g/mol. The summed E-state index contributed by atoms with van der Waals surface area (Å²) in [6, 6.07) is 7.68. The van der Waals surface area contributed by atoms with Crippen molar-refractivity contribution in [3.63, 3.8) is 0 Å². The number of likely N-dealkylation sites (tertiary alicyclic amines) is 1. The molecule has 2 heterocycles. The van der Waals surface area contributed by atoms with Gasteiger partial charge in [0.1, 0.15) is 0 Å². The molecule has 1 aromatic carbocycles. The Labute approximate surface area is 190 Å². The summed E-state index contributed by atoms with van der Waals surface area (Å²) < 4.78 is 0. The van der Waals surface area contributed by atoms with Crippen LogP contribution in [-0.2, 0) is 20.8 Å². The first-order chi connectivity index (χ1) is 15.5. The average molecular weight is 444 g/mol. The summed E-state index contributed by atoms with van der Waals surface area (Å²) in [6.45, 7) is 3.89. The maximum absolute atomic E-state index is 12.6. The van der Waals surface area contributed by atoms with Crippen molar-refractivity contribution in [2.24, 2.45) is 5.41 Å². The van der Waals surface area contributed by atoms with Crippen molar-refractivity contribution in [2.45, 2.75) is 70.6 Å². The lowest BCUT2D eigenvalue weighted by Crippen LogP contribution is -2.47. The minimum Gasteiger partial charge on any atom is -0.481 e. The minimum absolute atomic E-state index is 0.0758. The molecule has 176 valence electrons. The summed E-state index contributed by atoms with van der Waals surface area (Å²) in [5, 5.41) is 15.1. The molecule has 2 saturated heterocycles. The highest BCUT2D eigenvalue weighted by Crippen LogP contribution is 2.39. The fourth-order valence-electron chi connectivity index (χ4n) is 4.88. The van der Waals surface area contributed by atoms with Crippen LogP contribution in [0.3, 0.4) is 0 Å². The van der Waals surface area contributed by atoms with E-state index in [0.717, 1.165) is 63.1 Å². The number of aryl methyl sites for hydroxylation is 1. The molecule has 0 unspecified atom stereocenters. The molecule has 3 rings (SSSR count). The lowest BCUT2D eigenvalue weighted by atomic mass is 9.71. The van der Waals surface area contributed by atoms with Gasteiger partial charge in [-0.2, -0.15) is 0 Å². The van der Waals surface area contributed by atoms with E-state index in [4.69, 9.17) is 5.11 Å². The van der Waals surface area contributed by atoms with E-state index in [1.165, 1.54) is 12.8 Å². The number of carboxylic acids is 1. The van der Waals surface area contributed by atoms with Crippen LogP contribution < -0.4 is 10.6 Å². The Balaban J connectivity index is 1.33. The van der Waals surface area contributed by atoms with Crippen LogP contribution in [0.15, 0.2) is 24.3 Å². The van der Waals surface area contributed by atoms with Crippen LogP contribution in [0.25, 0.3) is 0 Å². The summed E-state index contributed by atoms with van der Waals surface area (Å²) in [5.41, 5.74) is 2.27. The van der Waals surface area contributed by atoms with Gasteiger partial charge in [0.15, 0.2) is 0 Å². The molecule has 0 bridgehead atoms. The van der Waals surface area contributed by atoms with Crippen LogP contribution in [0.2, 0.25) is 0 Å². The summed E-state index contributed by atoms with van der Waals surface area (Å²) in [6.07, 6.45) is 8.40. The second-order valence-electron chi connectivity index (χ2n) is 9.33. The van der Waals surface area contributed by atoms with E-state index in [9.17, 15) is 14.4 Å².